The molecule has 0 aliphatic heterocycles. The first-order valence-corrected chi connectivity index (χ1v) is 9.93. The summed E-state index contributed by atoms with van der Waals surface area (Å²) in [6.07, 6.45) is 0. The third-order valence-corrected chi connectivity index (χ3v) is 5.06. The van der Waals surface area contributed by atoms with Crippen molar-refractivity contribution < 1.29 is 14.0 Å². The van der Waals surface area contributed by atoms with Crippen LogP contribution in [-0.4, -0.2) is 42.9 Å². The summed E-state index contributed by atoms with van der Waals surface area (Å²) in [7, 11) is 0. The minimum Gasteiger partial charge on any atom is -0.451 e. The predicted molar refractivity (Wildman–Crippen MR) is 115 cm³/mol. The van der Waals surface area contributed by atoms with Crippen LogP contribution in [-0.2, 0) is 0 Å². The molecule has 6 nitrogen and oxygen atoms in total. The predicted octanol–water partition coefficient (Wildman–Crippen LogP) is 4.07. The molecule has 0 aliphatic carbocycles. The molecule has 2 aromatic carbocycles. The van der Waals surface area contributed by atoms with Gasteiger partial charge in [0.15, 0.2) is 5.76 Å². The van der Waals surface area contributed by atoms with Crippen LogP contribution in [0.1, 0.15) is 40.3 Å². The fraction of sp³-hybridized carbons (Fsp3) is 0.304. The van der Waals surface area contributed by atoms with Crippen molar-refractivity contribution in [3.05, 3.63) is 65.4 Å². The average molecular weight is 393 g/mol. The average Bonchev–Trinajstić information content (AvgIpc) is 3.08. The summed E-state index contributed by atoms with van der Waals surface area (Å²) >= 11 is 0. The van der Waals surface area contributed by atoms with E-state index in [-0.39, 0.29) is 11.8 Å². The Bertz CT molecular complexity index is 988. The summed E-state index contributed by atoms with van der Waals surface area (Å²) in [5.74, 6) is -0.136. The number of amides is 2. The number of carbonyl (C=O) groups excluding carboxylic acids is 2. The lowest BCUT2D eigenvalue weighted by atomic mass is 10.1. The fourth-order valence-electron chi connectivity index (χ4n) is 3.25. The zero-order chi connectivity index (χ0) is 20.8. The highest BCUT2D eigenvalue weighted by Crippen LogP contribution is 2.25. The van der Waals surface area contributed by atoms with Gasteiger partial charge in [-0.3, -0.25) is 9.59 Å². The Labute approximate surface area is 170 Å². The van der Waals surface area contributed by atoms with Gasteiger partial charge in [-0.05, 0) is 50.3 Å². The number of carbonyl (C=O) groups is 2. The molecule has 0 atom stereocenters. The second kappa shape index (κ2) is 9.39. The van der Waals surface area contributed by atoms with Gasteiger partial charge in [0, 0.05) is 35.3 Å². The molecular formula is C23H27N3O3. The van der Waals surface area contributed by atoms with Crippen molar-refractivity contribution in [2.45, 2.75) is 20.8 Å². The first kappa shape index (κ1) is 20.6. The van der Waals surface area contributed by atoms with Gasteiger partial charge >= 0.3 is 0 Å². The lowest BCUT2D eigenvalue weighted by Crippen LogP contribution is -2.34. The van der Waals surface area contributed by atoms with Crippen LogP contribution >= 0.6 is 0 Å². The first-order valence-electron chi connectivity index (χ1n) is 9.93. The Hall–Kier alpha value is -3.12. The minimum absolute atomic E-state index is 0.122. The van der Waals surface area contributed by atoms with Crippen molar-refractivity contribution in [2.24, 2.45) is 0 Å². The zero-order valence-corrected chi connectivity index (χ0v) is 17.1. The lowest BCUT2D eigenvalue weighted by Gasteiger charge is -2.17. The van der Waals surface area contributed by atoms with Crippen LogP contribution in [0.15, 0.2) is 52.9 Å². The quantitative estimate of drug-likeness (QED) is 0.605. The molecule has 29 heavy (non-hydrogen) atoms. The third kappa shape index (κ3) is 4.84. The van der Waals surface area contributed by atoms with E-state index in [0.717, 1.165) is 30.6 Å². The zero-order valence-electron chi connectivity index (χ0n) is 17.1. The lowest BCUT2D eigenvalue weighted by molar-refractivity contribution is 0.0948. The molecule has 3 rings (SSSR count). The molecule has 2 amide bonds. The summed E-state index contributed by atoms with van der Waals surface area (Å²) < 4.78 is 5.70. The monoisotopic (exact) mass is 393 g/mol. The summed E-state index contributed by atoms with van der Waals surface area (Å²) in [6, 6.07) is 14.4. The normalized spacial score (nSPS) is 11.0. The van der Waals surface area contributed by atoms with Gasteiger partial charge in [-0.25, -0.2) is 0 Å². The minimum atomic E-state index is -0.310. The van der Waals surface area contributed by atoms with Crippen molar-refractivity contribution in [1.29, 1.82) is 0 Å². The van der Waals surface area contributed by atoms with E-state index in [1.165, 1.54) is 0 Å². The maximum Gasteiger partial charge on any atom is 0.291 e. The van der Waals surface area contributed by atoms with Gasteiger partial charge in [-0.1, -0.05) is 32.0 Å². The number of fused-ring (bicyclic) bond motifs is 1. The number of nitrogens with one attached hydrogen (secondary N) is 2. The van der Waals surface area contributed by atoms with E-state index in [0.29, 0.717) is 29.1 Å². The molecule has 0 fully saturated rings. The van der Waals surface area contributed by atoms with E-state index < -0.39 is 0 Å². The van der Waals surface area contributed by atoms with Gasteiger partial charge in [0.1, 0.15) is 5.58 Å². The number of nitrogens with zero attached hydrogens (tertiary/aromatic N) is 1. The van der Waals surface area contributed by atoms with Gasteiger partial charge in [0.2, 0.25) is 0 Å². The molecule has 0 unspecified atom stereocenters. The topological polar surface area (TPSA) is 74.6 Å². The molecule has 3 aromatic rings. The largest absolute Gasteiger partial charge is 0.451 e. The van der Waals surface area contributed by atoms with Gasteiger partial charge in [0.25, 0.3) is 11.8 Å². The van der Waals surface area contributed by atoms with E-state index >= 15 is 0 Å². The molecule has 0 radical (unpaired) electrons. The molecule has 1 aromatic heterocycles. The summed E-state index contributed by atoms with van der Waals surface area (Å²) in [5.41, 5.74) is 2.66. The molecule has 0 saturated heterocycles. The second-order valence-electron chi connectivity index (χ2n) is 6.87. The molecule has 0 saturated carbocycles. The Morgan fingerprint density at radius 2 is 1.66 bits per heavy atom. The number of hydrogen-bond acceptors (Lipinski definition) is 4. The van der Waals surface area contributed by atoms with Crippen LogP contribution in [0, 0.1) is 6.92 Å². The third-order valence-electron chi connectivity index (χ3n) is 5.06. The summed E-state index contributed by atoms with van der Waals surface area (Å²) in [4.78, 5) is 27.1. The van der Waals surface area contributed by atoms with Crippen LogP contribution in [0.2, 0.25) is 0 Å². The summed E-state index contributed by atoms with van der Waals surface area (Å²) in [6.45, 7) is 9.42. The number of hydrogen-bond donors (Lipinski definition) is 2. The molecule has 2 N–H and O–H groups in total. The molecule has 6 heteroatoms. The van der Waals surface area contributed by atoms with E-state index in [1.54, 1.807) is 24.3 Å². The second-order valence-corrected chi connectivity index (χ2v) is 6.87. The number of furan rings is 1. The maximum absolute atomic E-state index is 12.6. The van der Waals surface area contributed by atoms with Gasteiger partial charge < -0.3 is 20.0 Å². The number of para-hydroxylation sites is 1. The van der Waals surface area contributed by atoms with Crippen LogP contribution in [0.4, 0.5) is 5.69 Å². The SMILES string of the molecule is CCN(CC)CCNC(=O)c1ccc(NC(=O)c2oc3ccccc3c2C)cc1. The first-order chi connectivity index (χ1) is 14.0. The highest BCUT2D eigenvalue weighted by Gasteiger charge is 2.17. The summed E-state index contributed by atoms with van der Waals surface area (Å²) in [5, 5.41) is 6.68. The molecule has 0 aliphatic rings. The van der Waals surface area contributed by atoms with Crippen LogP contribution in [0.25, 0.3) is 11.0 Å². The standard InChI is InChI=1S/C23H27N3O3/c1-4-26(5-2)15-14-24-22(27)17-10-12-18(13-11-17)25-23(28)21-16(3)19-8-6-7-9-20(19)29-21/h6-13H,4-5,14-15H2,1-3H3,(H,24,27)(H,25,28). The van der Waals surface area contributed by atoms with E-state index in [9.17, 15) is 9.59 Å². The van der Waals surface area contributed by atoms with Crippen molar-refractivity contribution in [3.8, 4) is 0 Å². The molecule has 0 bridgehead atoms. The number of benzene rings is 2. The number of rotatable bonds is 8. The van der Waals surface area contributed by atoms with Crippen molar-refractivity contribution in [2.75, 3.05) is 31.5 Å². The molecule has 1 heterocycles. The fourth-order valence-corrected chi connectivity index (χ4v) is 3.25. The van der Waals surface area contributed by atoms with Crippen LogP contribution in [0.5, 0.6) is 0 Å². The van der Waals surface area contributed by atoms with Crippen LogP contribution < -0.4 is 10.6 Å². The highest BCUT2D eigenvalue weighted by atomic mass is 16.3. The van der Waals surface area contributed by atoms with Crippen molar-refractivity contribution in [1.82, 2.24) is 10.2 Å². The smallest absolute Gasteiger partial charge is 0.291 e. The number of likely N-dealkylation sites (N-methyl/N-ethyl adjacent to an activating group) is 1. The Balaban J connectivity index is 1.60. The number of aryl methyl sites for hydroxylation is 1. The molecular weight excluding hydrogens is 366 g/mol. The van der Waals surface area contributed by atoms with Gasteiger partial charge in [0.05, 0.1) is 0 Å². The Kier molecular flexibility index (Phi) is 6.67. The van der Waals surface area contributed by atoms with Crippen LogP contribution in [0.3, 0.4) is 0 Å². The van der Waals surface area contributed by atoms with Crippen molar-refractivity contribution >= 4 is 28.5 Å². The molecule has 0 spiro atoms. The van der Waals surface area contributed by atoms with E-state index in [1.807, 2.05) is 31.2 Å². The number of anilines is 1. The van der Waals surface area contributed by atoms with Crippen molar-refractivity contribution in [3.63, 3.8) is 0 Å². The van der Waals surface area contributed by atoms with E-state index in [4.69, 9.17) is 4.42 Å². The highest BCUT2D eigenvalue weighted by molar-refractivity contribution is 6.06. The Morgan fingerprint density at radius 1 is 0.966 bits per heavy atom. The van der Waals surface area contributed by atoms with Gasteiger partial charge in [-0.15, -0.1) is 0 Å². The maximum atomic E-state index is 12.6. The van der Waals surface area contributed by atoms with E-state index in [2.05, 4.69) is 29.4 Å². The molecule has 152 valence electrons. The van der Waals surface area contributed by atoms with Gasteiger partial charge in [-0.2, -0.15) is 0 Å². The Morgan fingerprint density at radius 3 is 2.31 bits per heavy atom.